The van der Waals surface area contributed by atoms with Gasteiger partial charge >= 0.3 is 6.09 Å². The van der Waals surface area contributed by atoms with Gasteiger partial charge in [0, 0.05) is 45.5 Å². The van der Waals surface area contributed by atoms with Crippen LogP contribution in [0.5, 0.6) is 0 Å². The zero-order valence-corrected chi connectivity index (χ0v) is 22.3. The van der Waals surface area contributed by atoms with E-state index in [4.69, 9.17) is 4.74 Å². The van der Waals surface area contributed by atoms with Crippen molar-refractivity contribution in [1.29, 1.82) is 0 Å². The van der Waals surface area contributed by atoms with E-state index in [1.165, 1.54) is 22.3 Å². The quantitative estimate of drug-likeness (QED) is 0.573. The molecule has 0 unspecified atom stereocenters. The summed E-state index contributed by atoms with van der Waals surface area (Å²) in [5, 5.41) is 2.21. The van der Waals surface area contributed by atoms with E-state index >= 15 is 0 Å². The van der Waals surface area contributed by atoms with Gasteiger partial charge in [-0.15, -0.1) is 0 Å². The lowest BCUT2D eigenvalue weighted by atomic mass is 10.0. The van der Waals surface area contributed by atoms with Crippen LogP contribution in [0.4, 0.5) is 4.79 Å². The number of nitrogens with zero attached hydrogens (tertiary/aromatic N) is 3. The lowest BCUT2D eigenvalue weighted by Gasteiger charge is -2.37. The van der Waals surface area contributed by atoms with Gasteiger partial charge in [0.1, 0.15) is 5.60 Å². The molecule has 6 heteroatoms. The molecule has 2 aliphatic rings. The molecule has 192 valence electrons. The Labute approximate surface area is 216 Å². The van der Waals surface area contributed by atoms with Gasteiger partial charge < -0.3 is 9.64 Å². The summed E-state index contributed by atoms with van der Waals surface area (Å²) in [6.07, 6.45) is 4.27. The van der Waals surface area contributed by atoms with Crippen LogP contribution >= 0.6 is 0 Å². The van der Waals surface area contributed by atoms with Gasteiger partial charge in [-0.05, 0) is 55.0 Å². The Balaban J connectivity index is 1.44. The normalized spacial score (nSPS) is 16.9. The molecule has 0 atom stereocenters. The predicted octanol–water partition coefficient (Wildman–Crippen LogP) is 5.61. The maximum Gasteiger partial charge on any atom is 0.410 e. The zero-order chi connectivity index (χ0) is 25.7. The van der Waals surface area contributed by atoms with E-state index in [0.717, 1.165) is 31.9 Å². The second-order valence-corrected chi connectivity index (χ2v) is 11.1. The minimum atomic E-state index is -0.464. The summed E-state index contributed by atoms with van der Waals surface area (Å²) in [4.78, 5) is 16.7. The van der Waals surface area contributed by atoms with Crippen molar-refractivity contribution in [2.75, 3.05) is 39.3 Å². The largest absolute Gasteiger partial charge is 0.444 e. The molecule has 6 nitrogen and oxygen atoms in total. The molecule has 1 saturated heterocycles. The number of hydrogen-bond acceptors (Lipinski definition) is 5. The van der Waals surface area contributed by atoms with Crippen LogP contribution in [-0.4, -0.2) is 65.8 Å². The molecule has 36 heavy (non-hydrogen) atoms. The van der Waals surface area contributed by atoms with Crippen molar-refractivity contribution in [3.05, 3.63) is 78.0 Å². The van der Waals surface area contributed by atoms with E-state index in [9.17, 15) is 4.79 Å². The summed E-state index contributed by atoms with van der Waals surface area (Å²) in [5.41, 5.74) is 9.13. The number of rotatable bonds is 6. The van der Waals surface area contributed by atoms with Crippen molar-refractivity contribution in [3.8, 4) is 11.1 Å². The zero-order valence-electron chi connectivity index (χ0n) is 22.3. The fourth-order valence-electron chi connectivity index (χ4n) is 4.51. The highest BCUT2D eigenvalue weighted by atomic mass is 16.6. The Morgan fingerprint density at radius 3 is 2.14 bits per heavy atom. The molecule has 0 bridgehead atoms. The molecule has 1 amide bonds. The molecular formula is C30H40N4O2. The maximum atomic E-state index is 12.4. The first-order valence-electron chi connectivity index (χ1n) is 13.0. The summed E-state index contributed by atoms with van der Waals surface area (Å²) >= 11 is 0. The van der Waals surface area contributed by atoms with Gasteiger partial charge in [0.15, 0.2) is 0 Å². The Bertz CT molecular complexity index is 1080. The van der Waals surface area contributed by atoms with Crippen molar-refractivity contribution >= 4 is 11.8 Å². The summed E-state index contributed by atoms with van der Waals surface area (Å²) in [7, 11) is 0. The van der Waals surface area contributed by atoms with Crippen LogP contribution in [0.3, 0.4) is 0 Å². The summed E-state index contributed by atoms with van der Waals surface area (Å²) < 4.78 is 5.55. The minimum absolute atomic E-state index is 0.215. The fraction of sp³-hybridized carbons (Fsp3) is 0.433. The van der Waals surface area contributed by atoms with Crippen LogP contribution in [0, 0.1) is 5.92 Å². The topological polar surface area (TPSA) is 48.0 Å². The Morgan fingerprint density at radius 2 is 1.53 bits per heavy atom. The highest BCUT2D eigenvalue weighted by Crippen LogP contribution is 2.25. The van der Waals surface area contributed by atoms with E-state index in [1.54, 1.807) is 0 Å². The standard InChI is InChI=1S/C30H40N4O2/c1-23(2)20-34-22-24(21-32-15-17-33(18-16-32)29(35)36-30(3,4)5)19-28(31-34)27-13-11-26(12-14-27)25-9-7-6-8-10-25/h6-14,19,22-23,31H,15-18,20-21H2,1-5H3. The predicted molar refractivity (Wildman–Crippen MR) is 147 cm³/mol. The maximum absolute atomic E-state index is 12.4. The summed E-state index contributed by atoms with van der Waals surface area (Å²) in [6, 6.07) is 19.2. The number of carbonyl (C=O) groups is 1. The highest BCUT2D eigenvalue weighted by molar-refractivity contribution is 5.71. The second kappa shape index (κ2) is 11.2. The summed E-state index contributed by atoms with van der Waals surface area (Å²) in [5.74, 6) is 0.534. The van der Waals surface area contributed by atoms with E-state index in [-0.39, 0.29) is 6.09 Å². The van der Waals surface area contributed by atoms with Crippen LogP contribution in [0.25, 0.3) is 16.8 Å². The third-order valence-electron chi connectivity index (χ3n) is 6.21. The van der Waals surface area contributed by atoms with Gasteiger partial charge in [-0.25, -0.2) is 4.79 Å². The number of nitrogens with one attached hydrogen (secondary N) is 1. The smallest absolute Gasteiger partial charge is 0.410 e. The molecule has 1 fully saturated rings. The SMILES string of the molecule is CC(C)CN1C=C(CN2CCN(C(=O)OC(C)(C)C)CC2)C=C(c2ccc(-c3ccccc3)cc2)N1. The number of hydrogen-bond donors (Lipinski definition) is 1. The summed E-state index contributed by atoms with van der Waals surface area (Å²) in [6.45, 7) is 15.0. The van der Waals surface area contributed by atoms with Crippen LogP contribution in [0.1, 0.15) is 40.2 Å². The molecule has 0 aromatic heterocycles. The lowest BCUT2D eigenvalue weighted by Crippen LogP contribution is -2.50. The Kier molecular flexibility index (Phi) is 8.04. The molecule has 1 N–H and O–H groups in total. The monoisotopic (exact) mass is 488 g/mol. The molecular weight excluding hydrogens is 448 g/mol. The van der Waals surface area contributed by atoms with Crippen LogP contribution in [0.2, 0.25) is 0 Å². The van der Waals surface area contributed by atoms with Crippen molar-refractivity contribution in [1.82, 2.24) is 20.2 Å². The number of hydrazine groups is 1. The van der Waals surface area contributed by atoms with Crippen LogP contribution in [0.15, 0.2) is 72.4 Å². The average Bonchev–Trinajstić information content (AvgIpc) is 2.83. The van der Waals surface area contributed by atoms with Crippen LogP contribution < -0.4 is 5.43 Å². The van der Waals surface area contributed by atoms with E-state index in [1.807, 2.05) is 31.7 Å². The molecule has 2 aliphatic heterocycles. The van der Waals surface area contributed by atoms with Crippen molar-refractivity contribution in [3.63, 3.8) is 0 Å². The number of benzene rings is 2. The van der Waals surface area contributed by atoms with E-state index in [2.05, 4.69) is 90.0 Å². The molecule has 0 radical (unpaired) electrons. The highest BCUT2D eigenvalue weighted by Gasteiger charge is 2.26. The van der Waals surface area contributed by atoms with Crippen molar-refractivity contribution in [2.24, 2.45) is 5.92 Å². The van der Waals surface area contributed by atoms with Crippen LogP contribution in [-0.2, 0) is 4.74 Å². The number of piperazine rings is 1. The van der Waals surface area contributed by atoms with Gasteiger partial charge in [0.25, 0.3) is 0 Å². The molecule has 0 aliphatic carbocycles. The fourth-order valence-corrected chi connectivity index (χ4v) is 4.51. The number of ether oxygens (including phenoxy) is 1. The molecule has 0 saturated carbocycles. The van der Waals surface area contributed by atoms with Crippen molar-refractivity contribution < 1.29 is 9.53 Å². The Morgan fingerprint density at radius 1 is 0.917 bits per heavy atom. The molecule has 2 aromatic carbocycles. The van der Waals surface area contributed by atoms with Gasteiger partial charge in [0.2, 0.25) is 0 Å². The van der Waals surface area contributed by atoms with Gasteiger partial charge in [-0.1, -0.05) is 68.4 Å². The molecule has 2 aromatic rings. The van der Waals surface area contributed by atoms with Crippen molar-refractivity contribution in [2.45, 2.75) is 40.2 Å². The first-order valence-corrected chi connectivity index (χ1v) is 13.0. The molecule has 4 rings (SSSR count). The van der Waals surface area contributed by atoms with E-state index in [0.29, 0.717) is 19.0 Å². The minimum Gasteiger partial charge on any atom is -0.444 e. The third kappa shape index (κ3) is 7.14. The third-order valence-corrected chi connectivity index (χ3v) is 6.21. The number of carbonyl (C=O) groups excluding carboxylic acids is 1. The van der Waals surface area contributed by atoms with Gasteiger partial charge in [0.05, 0.1) is 5.70 Å². The lowest BCUT2D eigenvalue weighted by molar-refractivity contribution is 0.0152. The van der Waals surface area contributed by atoms with Gasteiger partial charge in [-0.3, -0.25) is 15.3 Å². The number of amides is 1. The van der Waals surface area contributed by atoms with Gasteiger partial charge in [-0.2, -0.15) is 0 Å². The van der Waals surface area contributed by atoms with E-state index < -0.39 is 5.60 Å². The first kappa shape index (κ1) is 25.8. The molecule has 2 heterocycles. The first-order chi connectivity index (χ1) is 17.2. The second-order valence-electron chi connectivity index (χ2n) is 11.1. The average molecular weight is 489 g/mol. The Hall–Kier alpha value is -3.25. The molecule has 0 spiro atoms.